The molecule has 0 spiro atoms. The highest BCUT2D eigenvalue weighted by Crippen LogP contribution is 2.34. The molecule has 1 atom stereocenters. The van der Waals surface area contributed by atoms with E-state index in [1.54, 1.807) is 0 Å². The van der Waals surface area contributed by atoms with E-state index < -0.39 is 0 Å². The van der Waals surface area contributed by atoms with Crippen molar-refractivity contribution >= 4 is 5.91 Å². The van der Waals surface area contributed by atoms with Crippen molar-refractivity contribution in [2.45, 2.75) is 44.6 Å². The van der Waals surface area contributed by atoms with Crippen molar-refractivity contribution < 1.29 is 9.90 Å². The summed E-state index contributed by atoms with van der Waals surface area (Å²) in [6.45, 7) is 1.20. The van der Waals surface area contributed by atoms with Gasteiger partial charge in [-0.3, -0.25) is 4.79 Å². The second-order valence-electron chi connectivity index (χ2n) is 4.47. The van der Waals surface area contributed by atoms with Crippen LogP contribution in [0.3, 0.4) is 0 Å². The topological polar surface area (TPSA) is 40.5 Å². The second kappa shape index (κ2) is 4.30. The van der Waals surface area contributed by atoms with Crippen LogP contribution in [0.5, 0.6) is 0 Å². The van der Waals surface area contributed by atoms with E-state index in [-0.39, 0.29) is 6.61 Å². The molecule has 3 heteroatoms. The lowest BCUT2D eigenvalue weighted by Gasteiger charge is -2.24. The van der Waals surface area contributed by atoms with Crippen LogP contribution in [-0.2, 0) is 4.79 Å². The van der Waals surface area contributed by atoms with E-state index in [0.29, 0.717) is 17.9 Å². The number of amides is 1. The molecule has 2 fully saturated rings. The fraction of sp³-hybridized carbons (Fsp3) is 0.909. The quantitative estimate of drug-likeness (QED) is 0.734. The molecule has 1 aliphatic heterocycles. The maximum absolute atomic E-state index is 11.8. The summed E-state index contributed by atoms with van der Waals surface area (Å²) in [4.78, 5) is 13.9. The molecule has 3 nitrogen and oxygen atoms in total. The first-order valence-electron chi connectivity index (χ1n) is 5.74. The Morgan fingerprint density at radius 3 is 2.79 bits per heavy atom. The van der Waals surface area contributed by atoms with Crippen molar-refractivity contribution in [1.29, 1.82) is 0 Å². The Bertz CT molecular complexity index is 213. The first-order valence-corrected chi connectivity index (χ1v) is 5.74. The summed E-state index contributed by atoms with van der Waals surface area (Å²) in [5.74, 6) is 0.732. The van der Waals surface area contributed by atoms with Gasteiger partial charge in [-0.25, -0.2) is 0 Å². The molecular formula is C11H19NO2. The summed E-state index contributed by atoms with van der Waals surface area (Å²) in [6.07, 6.45) is 6.30. The predicted octanol–water partition coefficient (Wildman–Crippen LogP) is 1.16. The van der Waals surface area contributed by atoms with E-state index in [2.05, 4.69) is 4.90 Å². The van der Waals surface area contributed by atoms with Crippen LogP contribution in [0, 0.1) is 5.92 Å². The molecule has 0 aromatic heterocycles. The van der Waals surface area contributed by atoms with Crippen molar-refractivity contribution in [1.82, 2.24) is 4.90 Å². The van der Waals surface area contributed by atoms with Gasteiger partial charge in [0.25, 0.3) is 0 Å². The lowest BCUT2D eigenvalue weighted by atomic mass is 10.1. The average Bonchev–Trinajstić information content (AvgIpc) is 2.93. The molecular weight excluding hydrogens is 178 g/mol. The summed E-state index contributed by atoms with van der Waals surface area (Å²) in [6, 6.07) is 0.426. The smallest absolute Gasteiger partial charge is 0.225 e. The third-order valence-electron chi connectivity index (χ3n) is 3.28. The van der Waals surface area contributed by atoms with Crippen LogP contribution >= 0.6 is 0 Å². The lowest BCUT2D eigenvalue weighted by Crippen LogP contribution is -2.36. The van der Waals surface area contributed by atoms with Gasteiger partial charge in [-0.05, 0) is 38.5 Å². The normalized spacial score (nSPS) is 26.9. The number of aliphatic hydroxyl groups excluding tert-OH is 1. The summed E-state index contributed by atoms with van der Waals surface area (Å²) < 4.78 is 0. The van der Waals surface area contributed by atoms with Gasteiger partial charge in [0, 0.05) is 25.1 Å². The molecule has 1 unspecified atom stereocenters. The molecule has 0 radical (unpaired) electrons. The minimum atomic E-state index is 0.252. The van der Waals surface area contributed by atoms with Crippen LogP contribution in [0.15, 0.2) is 0 Å². The Hall–Kier alpha value is -0.570. The molecule has 1 saturated heterocycles. The van der Waals surface area contributed by atoms with Gasteiger partial charge in [-0.1, -0.05) is 0 Å². The monoisotopic (exact) mass is 197 g/mol. The molecule has 2 rings (SSSR count). The van der Waals surface area contributed by atoms with Crippen molar-refractivity contribution in [3.8, 4) is 0 Å². The first kappa shape index (κ1) is 9.97. The van der Waals surface area contributed by atoms with Crippen molar-refractivity contribution in [2.75, 3.05) is 13.2 Å². The van der Waals surface area contributed by atoms with E-state index in [1.807, 2.05) is 0 Å². The molecule has 1 N–H and O–H groups in total. The van der Waals surface area contributed by atoms with E-state index >= 15 is 0 Å². The standard InChI is InChI=1S/C11H19NO2/c13-8-2-4-10-3-1-7-12(10)11(14)9-5-6-9/h9-10,13H,1-8H2. The number of hydrogen-bond acceptors (Lipinski definition) is 2. The van der Waals surface area contributed by atoms with E-state index in [1.165, 1.54) is 0 Å². The Labute approximate surface area is 85.1 Å². The van der Waals surface area contributed by atoms with Crippen molar-refractivity contribution in [2.24, 2.45) is 5.92 Å². The number of nitrogens with zero attached hydrogens (tertiary/aromatic N) is 1. The molecule has 1 heterocycles. The average molecular weight is 197 g/mol. The molecule has 0 aromatic carbocycles. The highest BCUT2D eigenvalue weighted by atomic mass is 16.3. The van der Waals surface area contributed by atoms with Crippen LogP contribution in [0.25, 0.3) is 0 Å². The molecule has 1 amide bonds. The highest BCUT2D eigenvalue weighted by molar-refractivity contribution is 5.81. The van der Waals surface area contributed by atoms with Gasteiger partial charge in [0.1, 0.15) is 0 Å². The van der Waals surface area contributed by atoms with Gasteiger partial charge in [-0.15, -0.1) is 0 Å². The number of rotatable bonds is 4. The summed E-state index contributed by atoms with van der Waals surface area (Å²) in [7, 11) is 0. The van der Waals surface area contributed by atoms with E-state index in [9.17, 15) is 4.79 Å². The number of hydrogen-bond donors (Lipinski definition) is 1. The Kier molecular flexibility index (Phi) is 3.06. The zero-order valence-corrected chi connectivity index (χ0v) is 8.61. The van der Waals surface area contributed by atoms with Gasteiger partial charge in [0.2, 0.25) is 5.91 Å². The predicted molar refractivity (Wildman–Crippen MR) is 53.8 cm³/mol. The maximum Gasteiger partial charge on any atom is 0.225 e. The fourth-order valence-corrected chi connectivity index (χ4v) is 2.32. The number of carbonyl (C=O) groups excluding carboxylic acids is 1. The Morgan fingerprint density at radius 1 is 1.36 bits per heavy atom. The minimum absolute atomic E-state index is 0.252. The molecule has 1 aliphatic carbocycles. The van der Waals surface area contributed by atoms with Crippen LogP contribution < -0.4 is 0 Å². The number of likely N-dealkylation sites (tertiary alicyclic amines) is 1. The van der Waals surface area contributed by atoms with Gasteiger partial charge in [0.05, 0.1) is 0 Å². The number of carbonyl (C=O) groups is 1. The molecule has 80 valence electrons. The lowest BCUT2D eigenvalue weighted by molar-refractivity contribution is -0.133. The van der Waals surface area contributed by atoms with Gasteiger partial charge < -0.3 is 10.0 Å². The molecule has 1 saturated carbocycles. The molecule has 0 bridgehead atoms. The highest BCUT2D eigenvalue weighted by Gasteiger charge is 2.37. The maximum atomic E-state index is 11.8. The zero-order valence-electron chi connectivity index (χ0n) is 8.61. The Morgan fingerprint density at radius 2 is 2.14 bits per heavy atom. The van der Waals surface area contributed by atoms with Crippen molar-refractivity contribution in [3.05, 3.63) is 0 Å². The van der Waals surface area contributed by atoms with Crippen LogP contribution in [0.4, 0.5) is 0 Å². The molecule has 0 aromatic rings. The fourth-order valence-electron chi connectivity index (χ4n) is 2.32. The van der Waals surface area contributed by atoms with Crippen molar-refractivity contribution in [3.63, 3.8) is 0 Å². The first-order chi connectivity index (χ1) is 6.83. The van der Waals surface area contributed by atoms with Crippen LogP contribution in [0.2, 0.25) is 0 Å². The van der Waals surface area contributed by atoms with E-state index in [0.717, 1.165) is 45.1 Å². The Balaban J connectivity index is 1.85. The number of aliphatic hydroxyl groups is 1. The van der Waals surface area contributed by atoms with Gasteiger partial charge in [0.15, 0.2) is 0 Å². The third-order valence-corrected chi connectivity index (χ3v) is 3.28. The van der Waals surface area contributed by atoms with E-state index in [4.69, 9.17) is 5.11 Å². The zero-order chi connectivity index (χ0) is 9.97. The van der Waals surface area contributed by atoms with Crippen LogP contribution in [0.1, 0.15) is 38.5 Å². The third kappa shape index (κ3) is 2.08. The SMILES string of the molecule is O=C(C1CC1)N1CCCC1CCCO. The summed E-state index contributed by atoms with van der Waals surface area (Å²) in [5, 5.41) is 8.77. The largest absolute Gasteiger partial charge is 0.396 e. The van der Waals surface area contributed by atoms with Gasteiger partial charge >= 0.3 is 0 Å². The van der Waals surface area contributed by atoms with Crippen LogP contribution in [-0.4, -0.2) is 35.1 Å². The molecule has 2 aliphatic rings. The van der Waals surface area contributed by atoms with Gasteiger partial charge in [-0.2, -0.15) is 0 Å². The molecule has 14 heavy (non-hydrogen) atoms. The minimum Gasteiger partial charge on any atom is -0.396 e. The summed E-state index contributed by atoms with van der Waals surface area (Å²) >= 11 is 0. The summed E-state index contributed by atoms with van der Waals surface area (Å²) in [5.41, 5.74) is 0. The second-order valence-corrected chi connectivity index (χ2v) is 4.47.